The lowest BCUT2D eigenvalue weighted by Crippen LogP contribution is -2.34. The number of para-hydroxylation sites is 1. The molecule has 1 aromatic carbocycles. The number of nitrogens with zero attached hydrogens (tertiary/aromatic N) is 1. The van der Waals surface area contributed by atoms with Crippen molar-refractivity contribution in [1.82, 2.24) is 15.2 Å². The van der Waals surface area contributed by atoms with Crippen LogP contribution in [0, 0.1) is 0 Å². The number of aromatic nitrogens is 1. The molecular weight excluding hydrogens is 278 g/mol. The van der Waals surface area contributed by atoms with Gasteiger partial charge in [-0.3, -0.25) is 9.59 Å². The number of aromatic amines is 1. The van der Waals surface area contributed by atoms with Crippen LogP contribution in [0.4, 0.5) is 0 Å². The van der Waals surface area contributed by atoms with E-state index >= 15 is 0 Å². The van der Waals surface area contributed by atoms with Gasteiger partial charge in [0.05, 0.1) is 10.5 Å². The molecule has 0 aliphatic rings. The minimum Gasteiger partial charge on any atom is -0.359 e. The molecule has 2 rings (SSSR count). The lowest BCUT2D eigenvalue weighted by Gasteiger charge is -2.10. The number of hydrogen-bond acceptors (Lipinski definition) is 3. The van der Waals surface area contributed by atoms with Crippen LogP contribution in [0.3, 0.4) is 0 Å². The van der Waals surface area contributed by atoms with E-state index in [0.717, 1.165) is 0 Å². The van der Waals surface area contributed by atoms with Crippen molar-refractivity contribution >= 4 is 28.4 Å². The summed E-state index contributed by atoms with van der Waals surface area (Å²) in [5, 5.41) is 3.59. The number of hydrogen-bond donors (Lipinski definition) is 2. The average molecular weight is 294 g/mol. The van der Waals surface area contributed by atoms with Crippen molar-refractivity contribution in [3.05, 3.63) is 45.2 Å². The van der Waals surface area contributed by atoms with Gasteiger partial charge in [0.15, 0.2) is 0 Å². The molecule has 2 N–H and O–H groups in total. The zero-order valence-corrected chi connectivity index (χ0v) is 12.1. The van der Waals surface area contributed by atoms with Crippen LogP contribution in [-0.2, 0) is 0 Å². The number of carbonyl (C=O) groups is 1. The highest BCUT2D eigenvalue weighted by atomic mass is 35.5. The van der Waals surface area contributed by atoms with Gasteiger partial charge in [-0.2, -0.15) is 0 Å². The highest BCUT2D eigenvalue weighted by molar-refractivity contribution is 6.35. The summed E-state index contributed by atoms with van der Waals surface area (Å²) < 4.78 is 0. The van der Waals surface area contributed by atoms with Crippen LogP contribution < -0.4 is 10.7 Å². The molecule has 1 heterocycles. The number of benzene rings is 1. The molecule has 0 saturated carbocycles. The lowest BCUT2D eigenvalue weighted by molar-refractivity contribution is 0.0950. The fourth-order valence-electron chi connectivity index (χ4n) is 1.87. The number of pyridine rings is 1. The minimum atomic E-state index is -0.380. The predicted octanol–water partition coefficient (Wildman–Crippen LogP) is 1.47. The number of rotatable bonds is 4. The van der Waals surface area contributed by atoms with Crippen molar-refractivity contribution in [2.24, 2.45) is 0 Å². The molecule has 0 bridgehead atoms. The minimum absolute atomic E-state index is 0.0959. The van der Waals surface area contributed by atoms with Crippen molar-refractivity contribution in [2.75, 3.05) is 27.2 Å². The topological polar surface area (TPSA) is 65.2 Å². The van der Waals surface area contributed by atoms with E-state index in [-0.39, 0.29) is 16.9 Å². The molecule has 0 saturated heterocycles. The number of amides is 1. The third-order valence-electron chi connectivity index (χ3n) is 2.95. The molecule has 0 aliphatic heterocycles. The normalized spacial score (nSPS) is 11.0. The van der Waals surface area contributed by atoms with Gasteiger partial charge < -0.3 is 15.2 Å². The van der Waals surface area contributed by atoms with Crippen LogP contribution in [0.1, 0.15) is 10.4 Å². The van der Waals surface area contributed by atoms with E-state index in [4.69, 9.17) is 11.6 Å². The molecule has 20 heavy (non-hydrogen) atoms. The molecule has 106 valence electrons. The maximum Gasteiger partial charge on any atom is 0.256 e. The van der Waals surface area contributed by atoms with Crippen LogP contribution in [0.25, 0.3) is 10.9 Å². The summed E-state index contributed by atoms with van der Waals surface area (Å²) in [5.41, 5.74) is 0.325. The average Bonchev–Trinajstić information content (AvgIpc) is 2.39. The highest BCUT2D eigenvalue weighted by Crippen LogP contribution is 2.18. The molecule has 0 radical (unpaired) electrons. The van der Waals surface area contributed by atoms with Gasteiger partial charge >= 0.3 is 0 Å². The zero-order valence-electron chi connectivity index (χ0n) is 11.4. The van der Waals surface area contributed by atoms with E-state index in [1.165, 1.54) is 6.20 Å². The summed E-state index contributed by atoms with van der Waals surface area (Å²) in [6.07, 6.45) is 1.40. The highest BCUT2D eigenvalue weighted by Gasteiger charge is 2.13. The van der Waals surface area contributed by atoms with Gasteiger partial charge in [-0.05, 0) is 26.2 Å². The third kappa shape index (κ3) is 3.00. The Kier molecular flexibility index (Phi) is 4.42. The van der Waals surface area contributed by atoms with Crippen molar-refractivity contribution < 1.29 is 4.79 Å². The maximum atomic E-state index is 12.3. The van der Waals surface area contributed by atoms with E-state index in [2.05, 4.69) is 10.3 Å². The number of halogens is 1. The smallest absolute Gasteiger partial charge is 0.256 e. The van der Waals surface area contributed by atoms with E-state index in [1.54, 1.807) is 18.2 Å². The molecule has 0 atom stereocenters. The van der Waals surface area contributed by atoms with E-state index in [0.29, 0.717) is 29.0 Å². The van der Waals surface area contributed by atoms with Crippen LogP contribution in [0.5, 0.6) is 0 Å². The second kappa shape index (κ2) is 6.07. The third-order valence-corrected chi connectivity index (χ3v) is 3.27. The van der Waals surface area contributed by atoms with Crippen LogP contribution in [-0.4, -0.2) is 43.0 Å². The maximum absolute atomic E-state index is 12.3. The second-order valence-corrected chi connectivity index (χ2v) is 5.16. The predicted molar refractivity (Wildman–Crippen MR) is 80.5 cm³/mol. The first-order valence-corrected chi connectivity index (χ1v) is 6.61. The van der Waals surface area contributed by atoms with Gasteiger partial charge in [0, 0.05) is 24.7 Å². The zero-order chi connectivity index (χ0) is 14.7. The Balaban J connectivity index is 2.29. The van der Waals surface area contributed by atoms with Gasteiger partial charge in [-0.25, -0.2) is 0 Å². The van der Waals surface area contributed by atoms with Gasteiger partial charge in [-0.1, -0.05) is 17.7 Å². The molecule has 0 fully saturated rings. The van der Waals surface area contributed by atoms with Crippen LogP contribution in [0.15, 0.2) is 29.2 Å². The van der Waals surface area contributed by atoms with E-state index in [9.17, 15) is 9.59 Å². The fraction of sp³-hybridized carbons (Fsp3) is 0.286. The van der Waals surface area contributed by atoms with Crippen molar-refractivity contribution in [3.63, 3.8) is 0 Å². The van der Waals surface area contributed by atoms with Crippen molar-refractivity contribution in [2.45, 2.75) is 0 Å². The fourth-order valence-corrected chi connectivity index (χ4v) is 2.10. The van der Waals surface area contributed by atoms with Crippen LogP contribution >= 0.6 is 11.6 Å². The van der Waals surface area contributed by atoms with Gasteiger partial charge in [0.2, 0.25) is 5.43 Å². The van der Waals surface area contributed by atoms with Gasteiger partial charge in [-0.15, -0.1) is 0 Å². The Morgan fingerprint density at radius 3 is 2.85 bits per heavy atom. The number of likely N-dealkylation sites (N-methyl/N-ethyl adjacent to an activating group) is 1. The lowest BCUT2D eigenvalue weighted by atomic mass is 10.1. The summed E-state index contributed by atoms with van der Waals surface area (Å²) in [6.45, 7) is 1.20. The van der Waals surface area contributed by atoms with Crippen molar-refractivity contribution in [1.29, 1.82) is 0 Å². The first kappa shape index (κ1) is 14.6. The molecule has 5 nitrogen and oxygen atoms in total. The summed E-state index contributed by atoms with van der Waals surface area (Å²) in [4.78, 5) is 29.1. The molecule has 0 unspecified atom stereocenters. The Morgan fingerprint density at radius 1 is 1.40 bits per heavy atom. The summed E-state index contributed by atoms with van der Waals surface area (Å²) in [6, 6.07) is 5.03. The molecule has 0 aliphatic carbocycles. The van der Waals surface area contributed by atoms with Gasteiger partial charge in [0.25, 0.3) is 5.91 Å². The second-order valence-electron chi connectivity index (χ2n) is 4.75. The summed E-state index contributed by atoms with van der Waals surface area (Å²) in [5.74, 6) is -0.380. The quantitative estimate of drug-likeness (QED) is 0.897. The molecule has 1 aromatic heterocycles. The Hall–Kier alpha value is -1.85. The first-order valence-electron chi connectivity index (χ1n) is 6.23. The Morgan fingerprint density at radius 2 is 2.15 bits per heavy atom. The summed E-state index contributed by atoms with van der Waals surface area (Å²) >= 11 is 6.00. The molecule has 2 aromatic rings. The Bertz CT molecular complexity index is 694. The standard InChI is InChI=1S/C14H16ClN3O2/c1-18(2)7-6-16-14(20)10-8-17-12-9(13(10)19)4-3-5-11(12)15/h3-5,8H,6-7H2,1-2H3,(H,16,20)(H,17,19). The van der Waals surface area contributed by atoms with Crippen LogP contribution in [0.2, 0.25) is 5.02 Å². The number of fused-ring (bicyclic) bond motifs is 1. The largest absolute Gasteiger partial charge is 0.359 e. The number of nitrogens with one attached hydrogen (secondary N) is 2. The first-order chi connectivity index (χ1) is 9.50. The number of carbonyl (C=O) groups excluding carboxylic acids is 1. The summed E-state index contributed by atoms with van der Waals surface area (Å²) in [7, 11) is 3.83. The molecule has 6 heteroatoms. The van der Waals surface area contributed by atoms with Crippen molar-refractivity contribution in [3.8, 4) is 0 Å². The van der Waals surface area contributed by atoms with E-state index in [1.807, 2.05) is 19.0 Å². The molecule has 1 amide bonds. The monoisotopic (exact) mass is 293 g/mol. The number of H-pyrrole nitrogens is 1. The SMILES string of the molecule is CN(C)CCNC(=O)c1c[nH]c2c(Cl)cccc2c1=O. The van der Waals surface area contributed by atoms with E-state index < -0.39 is 0 Å². The Labute approximate surface area is 121 Å². The van der Waals surface area contributed by atoms with Gasteiger partial charge in [0.1, 0.15) is 5.56 Å². The molecule has 0 spiro atoms. The molecular formula is C14H16ClN3O2.